The van der Waals surface area contributed by atoms with Crippen molar-refractivity contribution in [1.82, 2.24) is 20.3 Å². The van der Waals surface area contributed by atoms with Crippen molar-refractivity contribution in [3.8, 4) is 22.5 Å². The Bertz CT molecular complexity index is 804. The summed E-state index contributed by atoms with van der Waals surface area (Å²) in [6.45, 7) is 2.44. The van der Waals surface area contributed by atoms with Crippen LogP contribution in [-0.4, -0.2) is 27.4 Å². The summed E-state index contributed by atoms with van der Waals surface area (Å²) in [4.78, 5) is 25.3. The molecule has 0 bridgehead atoms. The van der Waals surface area contributed by atoms with Gasteiger partial charge >= 0.3 is 0 Å². The van der Waals surface area contributed by atoms with Gasteiger partial charge in [0.05, 0.1) is 11.3 Å². The zero-order valence-electron chi connectivity index (χ0n) is 12.7. The first-order valence-corrected chi connectivity index (χ1v) is 7.39. The van der Waals surface area contributed by atoms with Crippen molar-refractivity contribution >= 4 is 5.91 Å². The molecule has 23 heavy (non-hydrogen) atoms. The third-order valence-electron chi connectivity index (χ3n) is 3.37. The third kappa shape index (κ3) is 3.23. The van der Waals surface area contributed by atoms with Crippen LogP contribution >= 0.6 is 0 Å². The van der Waals surface area contributed by atoms with Gasteiger partial charge in [-0.3, -0.25) is 19.7 Å². The summed E-state index contributed by atoms with van der Waals surface area (Å²) in [5.74, 6) is -0.161. The molecule has 3 aromatic heterocycles. The average molecular weight is 304 g/mol. The van der Waals surface area contributed by atoms with Crippen LogP contribution in [0.3, 0.4) is 0 Å². The predicted molar refractivity (Wildman–Crippen MR) is 88.7 cm³/mol. The van der Waals surface area contributed by atoms with E-state index in [9.17, 15) is 4.79 Å². The molecule has 0 aliphatic heterocycles. The van der Waals surface area contributed by atoms with E-state index < -0.39 is 0 Å². The van der Waals surface area contributed by atoms with E-state index in [2.05, 4.69) is 20.3 Å². The molecule has 3 heterocycles. The Morgan fingerprint density at radius 3 is 2.65 bits per heavy atom. The van der Waals surface area contributed by atoms with Crippen molar-refractivity contribution < 1.29 is 4.79 Å². The van der Waals surface area contributed by atoms with Gasteiger partial charge in [-0.25, -0.2) is 0 Å². The first-order chi connectivity index (χ1) is 11.3. The van der Waals surface area contributed by atoms with Crippen molar-refractivity contribution in [3.63, 3.8) is 0 Å². The van der Waals surface area contributed by atoms with E-state index in [4.69, 9.17) is 0 Å². The number of amides is 1. The van der Waals surface area contributed by atoms with Gasteiger partial charge in [-0.1, -0.05) is 12.1 Å². The molecule has 1 N–H and O–H groups in total. The molecule has 114 valence electrons. The highest BCUT2D eigenvalue weighted by molar-refractivity contribution is 6.00. The van der Waals surface area contributed by atoms with Crippen molar-refractivity contribution in [2.75, 3.05) is 6.54 Å². The SMILES string of the molecule is CCNC(=O)c1cc(-c2cccnc2)cnc1-c1ccccn1. The van der Waals surface area contributed by atoms with Gasteiger partial charge in [-0.05, 0) is 31.2 Å². The number of carbonyl (C=O) groups excluding carboxylic acids is 1. The number of hydrogen-bond donors (Lipinski definition) is 1. The smallest absolute Gasteiger partial charge is 0.253 e. The summed E-state index contributed by atoms with van der Waals surface area (Å²) in [7, 11) is 0. The molecule has 0 aliphatic rings. The Morgan fingerprint density at radius 1 is 1.04 bits per heavy atom. The normalized spacial score (nSPS) is 10.3. The minimum atomic E-state index is -0.161. The molecule has 3 aromatic rings. The minimum absolute atomic E-state index is 0.161. The van der Waals surface area contributed by atoms with Gasteiger partial charge in [0.15, 0.2) is 0 Å². The van der Waals surface area contributed by atoms with Gasteiger partial charge in [-0.2, -0.15) is 0 Å². The third-order valence-corrected chi connectivity index (χ3v) is 3.37. The Kier molecular flexibility index (Phi) is 4.38. The Hall–Kier alpha value is -3.08. The van der Waals surface area contributed by atoms with E-state index in [1.165, 1.54) is 0 Å². The lowest BCUT2D eigenvalue weighted by Crippen LogP contribution is -2.23. The number of hydrogen-bond acceptors (Lipinski definition) is 4. The summed E-state index contributed by atoms with van der Waals surface area (Å²) in [6, 6.07) is 11.2. The van der Waals surface area contributed by atoms with Crippen molar-refractivity contribution in [2.24, 2.45) is 0 Å². The lowest BCUT2D eigenvalue weighted by Gasteiger charge is -2.10. The first kappa shape index (κ1) is 14.8. The van der Waals surface area contributed by atoms with Gasteiger partial charge in [0.2, 0.25) is 0 Å². The molecule has 0 spiro atoms. The van der Waals surface area contributed by atoms with E-state index in [1.807, 2.05) is 43.3 Å². The maximum absolute atomic E-state index is 12.4. The second kappa shape index (κ2) is 6.79. The highest BCUT2D eigenvalue weighted by atomic mass is 16.1. The minimum Gasteiger partial charge on any atom is -0.352 e. The largest absolute Gasteiger partial charge is 0.352 e. The summed E-state index contributed by atoms with van der Waals surface area (Å²) >= 11 is 0. The van der Waals surface area contributed by atoms with E-state index in [-0.39, 0.29) is 5.91 Å². The van der Waals surface area contributed by atoms with Crippen LogP contribution in [0.4, 0.5) is 0 Å². The highest BCUT2D eigenvalue weighted by Crippen LogP contribution is 2.25. The second-order valence-corrected chi connectivity index (χ2v) is 4.94. The van der Waals surface area contributed by atoms with Gasteiger partial charge < -0.3 is 5.32 Å². The molecule has 0 aliphatic carbocycles. The Balaban J connectivity index is 2.12. The zero-order chi connectivity index (χ0) is 16.1. The molecule has 0 saturated carbocycles. The quantitative estimate of drug-likeness (QED) is 0.804. The van der Waals surface area contributed by atoms with Crippen LogP contribution in [0.2, 0.25) is 0 Å². The summed E-state index contributed by atoms with van der Waals surface area (Å²) in [5, 5.41) is 2.83. The molecule has 0 atom stereocenters. The molecule has 3 rings (SSSR count). The summed E-state index contributed by atoms with van der Waals surface area (Å²) in [6.07, 6.45) is 6.89. The molecule has 1 amide bonds. The number of carbonyl (C=O) groups is 1. The number of rotatable bonds is 4. The molecular formula is C18H16N4O. The van der Waals surface area contributed by atoms with E-state index >= 15 is 0 Å². The standard InChI is InChI=1S/C18H16N4O/c1-2-20-18(23)15-10-14(13-6-5-8-19-11-13)12-22-17(15)16-7-3-4-9-21-16/h3-12H,2H2,1H3,(H,20,23). The number of pyridine rings is 3. The fraction of sp³-hybridized carbons (Fsp3) is 0.111. The van der Waals surface area contributed by atoms with Gasteiger partial charge in [0.1, 0.15) is 5.69 Å². The van der Waals surface area contributed by atoms with Gasteiger partial charge in [0, 0.05) is 42.5 Å². The van der Waals surface area contributed by atoms with Gasteiger partial charge in [-0.15, -0.1) is 0 Å². The molecule has 0 fully saturated rings. The lowest BCUT2D eigenvalue weighted by atomic mass is 10.0. The molecular weight excluding hydrogens is 288 g/mol. The Morgan fingerprint density at radius 2 is 1.96 bits per heavy atom. The van der Waals surface area contributed by atoms with Crippen LogP contribution < -0.4 is 5.32 Å². The molecule has 0 radical (unpaired) electrons. The average Bonchev–Trinajstić information content (AvgIpc) is 2.63. The predicted octanol–water partition coefficient (Wildman–Crippen LogP) is 2.96. The van der Waals surface area contributed by atoms with Gasteiger partial charge in [0.25, 0.3) is 5.91 Å². The number of nitrogens with zero attached hydrogens (tertiary/aromatic N) is 3. The monoisotopic (exact) mass is 304 g/mol. The highest BCUT2D eigenvalue weighted by Gasteiger charge is 2.16. The Labute approximate surface area is 134 Å². The van der Waals surface area contributed by atoms with Crippen molar-refractivity contribution in [3.05, 3.63) is 66.7 Å². The molecule has 0 unspecified atom stereocenters. The van der Waals surface area contributed by atoms with Crippen molar-refractivity contribution in [1.29, 1.82) is 0 Å². The molecule has 0 saturated heterocycles. The fourth-order valence-electron chi connectivity index (χ4n) is 2.29. The summed E-state index contributed by atoms with van der Waals surface area (Å²) < 4.78 is 0. The fourth-order valence-corrected chi connectivity index (χ4v) is 2.29. The first-order valence-electron chi connectivity index (χ1n) is 7.39. The lowest BCUT2D eigenvalue weighted by molar-refractivity contribution is 0.0956. The summed E-state index contributed by atoms with van der Waals surface area (Å²) in [5.41, 5.74) is 3.51. The van der Waals surface area contributed by atoms with Crippen LogP contribution in [0.15, 0.2) is 61.2 Å². The maximum Gasteiger partial charge on any atom is 0.253 e. The van der Waals surface area contributed by atoms with Crippen LogP contribution in [0.5, 0.6) is 0 Å². The topological polar surface area (TPSA) is 67.8 Å². The maximum atomic E-state index is 12.4. The van der Waals surface area contributed by atoms with Crippen LogP contribution in [0, 0.1) is 0 Å². The van der Waals surface area contributed by atoms with E-state index in [0.717, 1.165) is 11.1 Å². The number of nitrogens with one attached hydrogen (secondary N) is 1. The van der Waals surface area contributed by atoms with E-state index in [1.54, 1.807) is 24.8 Å². The van der Waals surface area contributed by atoms with E-state index in [0.29, 0.717) is 23.5 Å². The van der Waals surface area contributed by atoms with Crippen LogP contribution in [0.1, 0.15) is 17.3 Å². The van der Waals surface area contributed by atoms with Crippen molar-refractivity contribution in [2.45, 2.75) is 6.92 Å². The molecule has 5 heteroatoms. The van der Waals surface area contributed by atoms with Crippen LogP contribution in [-0.2, 0) is 0 Å². The molecule has 5 nitrogen and oxygen atoms in total. The van der Waals surface area contributed by atoms with Crippen LogP contribution in [0.25, 0.3) is 22.5 Å². The molecule has 0 aromatic carbocycles. The zero-order valence-corrected chi connectivity index (χ0v) is 12.7. The second-order valence-electron chi connectivity index (χ2n) is 4.94. The number of aromatic nitrogens is 3.